The molecule has 35 heavy (non-hydrogen) atoms. The molecule has 0 radical (unpaired) electrons. The van der Waals surface area contributed by atoms with Gasteiger partial charge in [0.2, 0.25) is 15.8 Å². The predicted molar refractivity (Wildman–Crippen MR) is 138 cm³/mol. The summed E-state index contributed by atoms with van der Waals surface area (Å²) in [6, 6.07) is 8.81. The van der Waals surface area contributed by atoms with Crippen LogP contribution in [0.2, 0.25) is 5.02 Å². The van der Waals surface area contributed by atoms with E-state index in [9.17, 15) is 13.2 Å². The Morgan fingerprint density at radius 3 is 2.57 bits per heavy atom. The first-order valence-corrected chi connectivity index (χ1v) is 14.6. The molecule has 5 rings (SSSR count). The molecule has 0 spiro atoms. The van der Waals surface area contributed by atoms with Crippen molar-refractivity contribution in [2.75, 3.05) is 31.1 Å². The molecule has 0 N–H and O–H groups in total. The smallest absolute Gasteiger partial charge is 0.316 e. The van der Waals surface area contributed by atoms with E-state index in [0.717, 1.165) is 31.2 Å². The summed E-state index contributed by atoms with van der Waals surface area (Å²) in [7, 11) is -3.41. The molecule has 186 valence electrons. The minimum absolute atomic E-state index is 0.00375. The zero-order valence-electron chi connectivity index (χ0n) is 19.2. The molecule has 0 atom stereocenters. The van der Waals surface area contributed by atoms with E-state index in [1.54, 1.807) is 30.5 Å². The van der Waals surface area contributed by atoms with Gasteiger partial charge in [-0.25, -0.2) is 8.42 Å². The second-order valence-electron chi connectivity index (χ2n) is 8.85. The molecule has 1 saturated carbocycles. The van der Waals surface area contributed by atoms with E-state index in [2.05, 4.69) is 5.10 Å². The fourth-order valence-corrected chi connectivity index (χ4v) is 7.08. The van der Waals surface area contributed by atoms with E-state index in [-0.39, 0.29) is 23.2 Å². The van der Waals surface area contributed by atoms with Crippen molar-refractivity contribution >= 4 is 38.6 Å². The number of thiophene rings is 1. The minimum atomic E-state index is -3.41. The van der Waals surface area contributed by atoms with Crippen LogP contribution in [0.5, 0.6) is 5.75 Å². The van der Waals surface area contributed by atoms with E-state index >= 15 is 0 Å². The summed E-state index contributed by atoms with van der Waals surface area (Å²) in [4.78, 5) is 15.5. The number of benzene rings is 1. The van der Waals surface area contributed by atoms with Gasteiger partial charge in [0.15, 0.2) is 0 Å². The molecular formula is C24H27ClN4O4S2. The number of hydrogen-bond donors (Lipinski definition) is 0. The van der Waals surface area contributed by atoms with Crippen LogP contribution < -0.4 is 15.2 Å². The number of piperazine rings is 1. The highest BCUT2D eigenvalue weighted by Gasteiger charge is 2.30. The summed E-state index contributed by atoms with van der Waals surface area (Å²) in [5, 5.41) is 8.67. The van der Waals surface area contributed by atoms with Gasteiger partial charge in [0.25, 0.3) is 0 Å². The maximum Gasteiger partial charge on any atom is 0.316 e. The van der Waals surface area contributed by atoms with Gasteiger partial charge < -0.3 is 9.64 Å². The number of sulfonamides is 1. The van der Waals surface area contributed by atoms with Gasteiger partial charge in [-0.2, -0.15) is 25.4 Å². The highest BCUT2D eigenvalue weighted by atomic mass is 35.5. The van der Waals surface area contributed by atoms with Crippen LogP contribution in [0.15, 0.2) is 52.1 Å². The van der Waals surface area contributed by atoms with Gasteiger partial charge in [-0.15, -0.1) is 0 Å². The molecule has 8 nitrogen and oxygen atoms in total. The summed E-state index contributed by atoms with van der Waals surface area (Å²) < 4.78 is 34.9. The van der Waals surface area contributed by atoms with E-state index in [1.807, 2.05) is 21.7 Å². The van der Waals surface area contributed by atoms with Crippen molar-refractivity contribution in [2.45, 2.75) is 37.5 Å². The van der Waals surface area contributed by atoms with Crippen LogP contribution in [0.3, 0.4) is 0 Å². The lowest BCUT2D eigenvalue weighted by Crippen LogP contribution is -2.49. The van der Waals surface area contributed by atoms with Gasteiger partial charge in [-0.3, -0.25) is 4.79 Å². The summed E-state index contributed by atoms with van der Waals surface area (Å²) in [5.41, 5.74) is 1.63. The number of anilines is 1. The standard InChI is InChI=1S/C24H27ClN4O4S2/c25-19-4-3-5-20(14-19)29-24(30)23(33-21-6-1-2-7-21)22(15-26-29)27-9-11-28(12-10-27)35(31,32)17-18-8-13-34-16-18/h3-5,8,13-16,21H,1-2,6-7,9-12,17H2. The summed E-state index contributed by atoms with van der Waals surface area (Å²) in [6.07, 6.45) is 5.61. The number of aromatic nitrogens is 2. The van der Waals surface area contributed by atoms with Crippen LogP contribution in [-0.4, -0.2) is 54.8 Å². The van der Waals surface area contributed by atoms with E-state index in [0.29, 0.717) is 42.6 Å². The Balaban J connectivity index is 1.40. The average Bonchev–Trinajstić information content (AvgIpc) is 3.55. The molecule has 3 aromatic rings. The van der Waals surface area contributed by atoms with Crippen LogP contribution >= 0.6 is 22.9 Å². The first kappa shape index (κ1) is 24.3. The average molecular weight is 535 g/mol. The normalized spacial score (nSPS) is 17.7. The third-order valence-corrected chi connectivity index (χ3v) is 9.27. The number of halogens is 1. The Morgan fingerprint density at radius 1 is 1.11 bits per heavy atom. The topological polar surface area (TPSA) is 84.7 Å². The van der Waals surface area contributed by atoms with Crippen molar-refractivity contribution in [1.82, 2.24) is 14.1 Å². The van der Waals surface area contributed by atoms with Gasteiger partial charge in [-0.1, -0.05) is 17.7 Å². The number of hydrogen-bond acceptors (Lipinski definition) is 7. The van der Waals surface area contributed by atoms with Crippen LogP contribution in [0.4, 0.5) is 5.69 Å². The SMILES string of the molecule is O=c1c(OC2CCCC2)c(N2CCN(S(=O)(=O)Cc3ccsc3)CC2)cnn1-c1cccc(Cl)c1. The second kappa shape index (κ2) is 10.3. The predicted octanol–water partition coefficient (Wildman–Crippen LogP) is 3.92. The summed E-state index contributed by atoms with van der Waals surface area (Å²) in [6.45, 7) is 1.58. The minimum Gasteiger partial charge on any atom is -0.483 e. The first-order chi connectivity index (χ1) is 16.9. The van der Waals surface area contributed by atoms with Crippen LogP contribution in [0, 0.1) is 0 Å². The molecule has 2 fully saturated rings. The quantitative estimate of drug-likeness (QED) is 0.457. The number of ether oxygens (including phenoxy) is 1. The monoisotopic (exact) mass is 534 g/mol. The zero-order chi connectivity index (χ0) is 24.4. The summed E-state index contributed by atoms with van der Waals surface area (Å²) in [5.74, 6) is 0.269. The fourth-order valence-electron chi connectivity index (χ4n) is 4.61. The Labute approximate surface area is 213 Å². The second-order valence-corrected chi connectivity index (χ2v) is 12.0. The molecule has 1 aromatic carbocycles. The van der Waals surface area contributed by atoms with Crippen LogP contribution in [0.25, 0.3) is 5.69 Å². The zero-order valence-corrected chi connectivity index (χ0v) is 21.6. The third-order valence-electron chi connectivity index (χ3n) is 6.46. The molecule has 2 aliphatic rings. The lowest BCUT2D eigenvalue weighted by atomic mass is 10.2. The van der Waals surface area contributed by atoms with E-state index in [1.165, 1.54) is 20.3 Å². The van der Waals surface area contributed by atoms with Crippen LogP contribution in [-0.2, 0) is 15.8 Å². The number of nitrogens with zero attached hydrogens (tertiary/aromatic N) is 4. The molecule has 1 aliphatic carbocycles. The Hall–Kier alpha value is -2.40. The molecule has 0 unspecified atom stereocenters. The molecular weight excluding hydrogens is 508 g/mol. The molecule has 2 aromatic heterocycles. The molecule has 3 heterocycles. The lowest BCUT2D eigenvalue weighted by molar-refractivity contribution is 0.205. The van der Waals surface area contributed by atoms with Crippen molar-refractivity contribution < 1.29 is 13.2 Å². The molecule has 11 heteroatoms. The van der Waals surface area contributed by atoms with Gasteiger partial charge in [0, 0.05) is 31.2 Å². The van der Waals surface area contributed by atoms with Crippen molar-refractivity contribution in [3.8, 4) is 11.4 Å². The lowest BCUT2D eigenvalue weighted by Gasteiger charge is -2.36. The number of rotatable bonds is 7. The Morgan fingerprint density at radius 2 is 1.89 bits per heavy atom. The van der Waals surface area contributed by atoms with Crippen LogP contribution in [0.1, 0.15) is 31.2 Å². The maximum absolute atomic E-state index is 13.5. The van der Waals surface area contributed by atoms with Gasteiger partial charge in [0.1, 0.15) is 5.69 Å². The third kappa shape index (κ3) is 5.40. The van der Waals surface area contributed by atoms with Crippen molar-refractivity contribution in [2.24, 2.45) is 0 Å². The van der Waals surface area contributed by atoms with E-state index < -0.39 is 10.0 Å². The Bertz CT molecular complexity index is 1330. The molecule has 0 amide bonds. The summed E-state index contributed by atoms with van der Waals surface area (Å²) >= 11 is 7.63. The highest BCUT2D eigenvalue weighted by molar-refractivity contribution is 7.88. The van der Waals surface area contributed by atoms with Gasteiger partial charge >= 0.3 is 5.56 Å². The Kier molecular flexibility index (Phi) is 7.15. The highest BCUT2D eigenvalue weighted by Crippen LogP contribution is 2.30. The van der Waals surface area contributed by atoms with Gasteiger partial charge in [-0.05, 0) is 66.3 Å². The first-order valence-electron chi connectivity index (χ1n) is 11.7. The van der Waals surface area contributed by atoms with Crippen molar-refractivity contribution in [3.05, 3.63) is 68.2 Å². The largest absolute Gasteiger partial charge is 0.483 e. The van der Waals surface area contributed by atoms with Gasteiger partial charge in [0.05, 0.1) is 23.7 Å². The van der Waals surface area contributed by atoms with E-state index in [4.69, 9.17) is 16.3 Å². The molecule has 1 aliphatic heterocycles. The maximum atomic E-state index is 13.5. The molecule has 1 saturated heterocycles. The van der Waals surface area contributed by atoms with Crippen molar-refractivity contribution in [1.29, 1.82) is 0 Å². The molecule has 0 bridgehead atoms. The fraction of sp³-hybridized carbons (Fsp3) is 0.417. The van der Waals surface area contributed by atoms with Crippen molar-refractivity contribution in [3.63, 3.8) is 0 Å².